The first kappa shape index (κ1) is 24.0. The van der Waals surface area contributed by atoms with Crippen molar-refractivity contribution in [2.75, 3.05) is 4.90 Å². The maximum Gasteiger partial charge on any atom is 0.311 e. The summed E-state index contributed by atoms with van der Waals surface area (Å²) in [5.74, 6) is -0.216. The van der Waals surface area contributed by atoms with Gasteiger partial charge < -0.3 is 14.7 Å². The summed E-state index contributed by atoms with van der Waals surface area (Å²) >= 11 is 0. The molecular formula is C28H29NO4. The maximum absolute atomic E-state index is 12.2. The number of ketones is 1. The van der Waals surface area contributed by atoms with Crippen molar-refractivity contribution in [3.63, 3.8) is 0 Å². The van der Waals surface area contributed by atoms with Crippen molar-refractivity contribution in [2.45, 2.75) is 38.7 Å². The molecule has 0 aliphatic rings. The fourth-order valence-electron chi connectivity index (χ4n) is 3.47. The minimum atomic E-state index is -1.05. The summed E-state index contributed by atoms with van der Waals surface area (Å²) in [5, 5.41) is 9.79. The molecule has 1 N–H and O–H groups in total. The van der Waals surface area contributed by atoms with Crippen LogP contribution in [-0.2, 0) is 9.59 Å². The van der Waals surface area contributed by atoms with Crippen LogP contribution in [0.5, 0.6) is 5.75 Å². The minimum absolute atomic E-state index is 0.218. The van der Waals surface area contributed by atoms with Gasteiger partial charge in [0.15, 0.2) is 5.78 Å². The van der Waals surface area contributed by atoms with E-state index in [1.807, 2.05) is 72.8 Å². The molecule has 0 amide bonds. The summed E-state index contributed by atoms with van der Waals surface area (Å²) in [4.78, 5) is 25.9. The highest BCUT2D eigenvalue weighted by atomic mass is 16.5. The third-order valence-electron chi connectivity index (χ3n) is 5.19. The number of carbonyl (C=O) groups is 2. The normalized spacial score (nSPS) is 11.5. The second-order valence-corrected chi connectivity index (χ2v) is 7.88. The second kappa shape index (κ2) is 11.8. The Hall–Kier alpha value is -3.70. The van der Waals surface area contributed by atoms with Crippen molar-refractivity contribution in [2.24, 2.45) is 0 Å². The van der Waals surface area contributed by atoms with Crippen molar-refractivity contribution >= 4 is 28.8 Å². The van der Waals surface area contributed by atoms with Gasteiger partial charge in [0.1, 0.15) is 11.9 Å². The molecule has 0 aromatic heterocycles. The molecule has 5 heteroatoms. The van der Waals surface area contributed by atoms with Crippen molar-refractivity contribution in [1.29, 1.82) is 0 Å². The molecule has 0 saturated carbocycles. The van der Waals surface area contributed by atoms with Crippen molar-refractivity contribution in [3.05, 3.63) is 97.1 Å². The lowest BCUT2D eigenvalue weighted by molar-refractivity contribution is -0.134. The zero-order valence-electron chi connectivity index (χ0n) is 18.8. The molecule has 0 aliphatic heterocycles. The quantitative estimate of drug-likeness (QED) is 0.167. The van der Waals surface area contributed by atoms with Crippen LogP contribution < -0.4 is 9.64 Å². The number of Topliss-reactive ketones (excluding diaryl/α,β-unsaturated/α-hetero) is 1. The standard InChI is InChI=1S/C28H29NO4/c1-21(2)28(32)26(30)15-9-10-16-27(31)33-25-19-17-24(18-20-25)29(22-11-5-3-6-12-22)23-13-7-4-8-14-23/h3-8,11-14,17-20,26,30H,1,9-10,15-16H2,2H3. The van der Waals surface area contributed by atoms with E-state index in [0.29, 0.717) is 30.6 Å². The highest BCUT2D eigenvalue weighted by molar-refractivity contribution is 5.97. The number of anilines is 3. The molecule has 0 aliphatic carbocycles. The summed E-state index contributed by atoms with van der Waals surface area (Å²) in [6.07, 6.45) is 0.561. The minimum Gasteiger partial charge on any atom is -0.427 e. The molecule has 3 aromatic carbocycles. The topological polar surface area (TPSA) is 66.8 Å². The molecule has 1 unspecified atom stereocenters. The summed E-state index contributed by atoms with van der Waals surface area (Å²) in [6, 6.07) is 27.5. The number of carbonyl (C=O) groups excluding carboxylic acids is 2. The number of esters is 1. The lowest BCUT2D eigenvalue weighted by atomic mass is 10.0. The molecule has 0 radical (unpaired) electrons. The van der Waals surface area contributed by atoms with Gasteiger partial charge in [0.25, 0.3) is 0 Å². The Morgan fingerprint density at radius 2 is 1.36 bits per heavy atom. The molecule has 0 heterocycles. The van der Waals surface area contributed by atoms with Gasteiger partial charge in [-0.05, 0) is 80.3 Å². The molecule has 3 rings (SSSR count). The number of aliphatic hydroxyl groups excluding tert-OH is 1. The predicted octanol–water partition coefficient (Wildman–Crippen LogP) is 6.13. The average molecular weight is 444 g/mol. The van der Waals surface area contributed by atoms with E-state index < -0.39 is 6.10 Å². The first-order valence-corrected chi connectivity index (χ1v) is 11.0. The molecule has 5 nitrogen and oxygen atoms in total. The largest absolute Gasteiger partial charge is 0.427 e. The Labute approximate surface area is 194 Å². The molecule has 3 aromatic rings. The predicted molar refractivity (Wildman–Crippen MR) is 131 cm³/mol. The van der Waals surface area contributed by atoms with Gasteiger partial charge in [-0.3, -0.25) is 9.59 Å². The van der Waals surface area contributed by atoms with Gasteiger partial charge in [-0.25, -0.2) is 0 Å². The van der Waals surface area contributed by atoms with E-state index in [1.54, 1.807) is 19.1 Å². The first-order valence-electron chi connectivity index (χ1n) is 11.0. The van der Waals surface area contributed by atoms with E-state index in [4.69, 9.17) is 4.74 Å². The number of unbranched alkanes of at least 4 members (excludes halogenated alkanes) is 1. The molecular weight excluding hydrogens is 414 g/mol. The fraction of sp³-hybridized carbons (Fsp3) is 0.214. The van der Waals surface area contributed by atoms with Crippen molar-refractivity contribution < 1.29 is 19.4 Å². The maximum atomic E-state index is 12.2. The number of ether oxygens (including phenoxy) is 1. The molecule has 170 valence electrons. The van der Waals surface area contributed by atoms with E-state index in [0.717, 1.165) is 17.1 Å². The van der Waals surface area contributed by atoms with Crippen LogP contribution in [0.4, 0.5) is 17.1 Å². The molecule has 0 fully saturated rings. The number of para-hydroxylation sites is 2. The fourth-order valence-corrected chi connectivity index (χ4v) is 3.47. The lowest BCUT2D eigenvalue weighted by Crippen LogP contribution is -2.20. The number of benzene rings is 3. The van der Waals surface area contributed by atoms with Crippen LogP contribution in [0.25, 0.3) is 0 Å². The number of nitrogens with zero attached hydrogens (tertiary/aromatic N) is 1. The Morgan fingerprint density at radius 3 is 1.88 bits per heavy atom. The molecule has 33 heavy (non-hydrogen) atoms. The smallest absolute Gasteiger partial charge is 0.311 e. The first-order chi connectivity index (χ1) is 16.0. The third-order valence-corrected chi connectivity index (χ3v) is 5.19. The third kappa shape index (κ3) is 6.89. The lowest BCUT2D eigenvalue weighted by Gasteiger charge is -2.25. The number of aliphatic hydroxyl groups is 1. The van der Waals surface area contributed by atoms with Gasteiger partial charge in [0, 0.05) is 23.5 Å². The van der Waals surface area contributed by atoms with E-state index >= 15 is 0 Å². The van der Waals surface area contributed by atoms with E-state index in [1.165, 1.54) is 0 Å². The SMILES string of the molecule is C=C(C)C(=O)C(O)CCCCC(=O)Oc1ccc(N(c2ccccc2)c2ccccc2)cc1. The number of rotatable bonds is 11. The van der Waals surface area contributed by atoms with Crippen LogP contribution in [0, 0.1) is 0 Å². The Kier molecular flexibility index (Phi) is 8.56. The molecule has 0 saturated heterocycles. The Morgan fingerprint density at radius 1 is 0.848 bits per heavy atom. The zero-order chi connectivity index (χ0) is 23.6. The molecule has 0 bridgehead atoms. The molecule has 0 spiro atoms. The molecule has 1 atom stereocenters. The van der Waals surface area contributed by atoms with Gasteiger partial charge in [0.05, 0.1) is 0 Å². The van der Waals surface area contributed by atoms with Crippen LogP contribution >= 0.6 is 0 Å². The summed E-state index contributed by atoms with van der Waals surface area (Å²) < 4.78 is 5.45. The van der Waals surface area contributed by atoms with Gasteiger partial charge in [-0.1, -0.05) is 43.0 Å². The highest BCUT2D eigenvalue weighted by Gasteiger charge is 2.16. The van der Waals surface area contributed by atoms with E-state index in [-0.39, 0.29) is 18.2 Å². The second-order valence-electron chi connectivity index (χ2n) is 7.88. The zero-order valence-corrected chi connectivity index (χ0v) is 18.8. The number of hydrogen-bond donors (Lipinski definition) is 1. The van der Waals surface area contributed by atoms with Gasteiger partial charge in [0.2, 0.25) is 0 Å². The highest BCUT2D eigenvalue weighted by Crippen LogP contribution is 2.34. The summed E-state index contributed by atoms with van der Waals surface area (Å²) in [7, 11) is 0. The number of hydrogen-bond acceptors (Lipinski definition) is 5. The van der Waals surface area contributed by atoms with Crippen molar-refractivity contribution in [3.8, 4) is 5.75 Å². The van der Waals surface area contributed by atoms with Crippen molar-refractivity contribution in [1.82, 2.24) is 0 Å². The Balaban J connectivity index is 1.58. The van der Waals surface area contributed by atoms with Crippen LogP contribution in [0.3, 0.4) is 0 Å². The average Bonchev–Trinajstić information content (AvgIpc) is 2.84. The van der Waals surface area contributed by atoms with Crippen LogP contribution in [0.1, 0.15) is 32.6 Å². The summed E-state index contributed by atoms with van der Waals surface area (Å²) in [5.41, 5.74) is 3.34. The monoisotopic (exact) mass is 443 g/mol. The van der Waals surface area contributed by atoms with Gasteiger partial charge in [-0.15, -0.1) is 0 Å². The van der Waals surface area contributed by atoms with E-state index in [2.05, 4.69) is 11.5 Å². The van der Waals surface area contributed by atoms with Crippen LogP contribution in [0.15, 0.2) is 97.1 Å². The van der Waals surface area contributed by atoms with Gasteiger partial charge in [-0.2, -0.15) is 0 Å². The Bertz CT molecular complexity index is 1020. The van der Waals surface area contributed by atoms with Gasteiger partial charge >= 0.3 is 5.97 Å². The van der Waals surface area contributed by atoms with Crippen LogP contribution in [-0.4, -0.2) is 23.0 Å². The summed E-state index contributed by atoms with van der Waals surface area (Å²) in [6.45, 7) is 5.12. The van der Waals surface area contributed by atoms with Crippen LogP contribution in [0.2, 0.25) is 0 Å². The van der Waals surface area contributed by atoms with E-state index in [9.17, 15) is 14.7 Å².